The second kappa shape index (κ2) is 4.75. The number of hydrogen-bond acceptors (Lipinski definition) is 1. The molecule has 1 aliphatic rings. The van der Waals surface area contributed by atoms with E-state index in [1.54, 1.807) is 6.07 Å². The summed E-state index contributed by atoms with van der Waals surface area (Å²) >= 11 is 0. The molecule has 0 bridgehead atoms. The van der Waals surface area contributed by atoms with Gasteiger partial charge < -0.3 is 5.73 Å². The van der Waals surface area contributed by atoms with E-state index in [0.29, 0.717) is 6.04 Å². The maximum atomic E-state index is 13.3. The first kappa shape index (κ1) is 10.6. The Labute approximate surface area is 90.5 Å². The SMILES string of the molecule is NC(CCCc1ccccc1F)C1CC1. The fraction of sp³-hybridized carbons (Fsp3) is 0.538. The molecule has 0 saturated heterocycles. The Morgan fingerprint density at radius 2 is 2.07 bits per heavy atom. The van der Waals surface area contributed by atoms with Crippen LogP contribution in [0.25, 0.3) is 0 Å². The number of nitrogens with two attached hydrogens (primary N) is 1. The highest BCUT2D eigenvalue weighted by Gasteiger charge is 2.27. The highest BCUT2D eigenvalue weighted by Crippen LogP contribution is 2.33. The Kier molecular flexibility index (Phi) is 3.37. The van der Waals surface area contributed by atoms with Crippen molar-refractivity contribution >= 4 is 0 Å². The van der Waals surface area contributed by atoms with Crippen LogP contribution in [0.5, 0.6) is 0 Å². The molecule has 0 aliphatic heterocycles. The van der Waals surface area contributed by atoms with Gasteiger partial charge in [0.05, 0.1) is 0 Å². The number of aryl methyl sites for hydroxylation is 1. The standard InChI is InChI=1S/C13H18FN/c14-12-6-2-1-4-10(12)5-3-7-13(15)11-8-9-11/h1-2,4,6,11,13H,3,5,7-9,15H2. The van der Waals surface area contributed by atoms with E-state index in [1.165, 1.54) is 18.9 Å². The van der Waals surface area contributed by atoms with E-state index in [2.05, 4.69) is 0 Å². The Hall–Kier alpha value is -0.890. The fourth-order valence-corrected chi connectivity index (χ4v) is 1.99. The normalized spacial score (nSPS) is 17.7. The zero-order chi connectivity index (χ0) is 10.7. The fourth-order valence-electron chi connectivity index (χ4n) is 1.99. The van der Waals surface area contributed by atoms with Crippen LogP contribution in [0.2, 0.25) is 0 Å². The average molecular weight is 207 g/mol. The van der Waals surface area contributed by atoms with Gasteiger partial charge in [-0.25, -0.2) is 4.39 Å². The maximum absolute atomic E-state index is 13.3. The lowest BCUT2D eigenvalue weighted by Gasteiger charge is -2.09. The molecule has 0 spiro atoms. The molecule has 1 aliphatic carbocycles. The molecular weight excluding hydrogens is 189 g/mol. The molecular formula is C13H18FN. The number of rotatable bonds is 5. The van der Waals surface area contributed by atoms with Crippen molar-refractivity contribution in [2.24, 2.45) is 11.7 Å². The molecule has 0 radical (unpaired) electrons. The minimum Gasteiger partial charge on any atom is -0.327 e. The van der Waals surface area contributed by atoms with Crippen LogP contribution in [0.15, 0.2) is 24.3 Å². The molecule has 1 unspecified atom stereocenters. The number of benzene rings is 1. The monoisotopic (exact) mass is 207 g/mol. The van der Waals surface area contributed by atoms with E-state index in [-0.39, 0.29) is 5.82 Å². The highest BCUT2D eigenvalue weighted by molar-refractivity contribution is 5.17. The predicted octanol–water partition coefficient (Wildman–Crippen LogP) is 2.89. The van der Waals surface area contributed by atoms with E-state index < -0.39 is 0 Å². The Morgan fingerprint density at radius 3 is 2.73 bits per heavy atom. The van der Waals surface area contributed by atoms with Gasteiger partial charge in [-0.15, -0.1) is 0 Å². The van der Waals surface area contributed by atoms with Crippen LogP contribution in [0.1, 0.15) is 31.2 Å². The first-order valence-corrected chi connectivity index (χ1v) is 5.76. The van der Waals surface area contributed by atoms with Gasteiger partial charge >= 0.3 is 0 Å². The van der Waals surface area contributed by atoms with Crippen LogP contribution < -0.4 is 5.73 Å². The molecule has 82 valence electrons. The lowest BCUT2D eigenvalue weighted by atomic mass is 10.0. The van der Waals surface area contributed by atoms with E-state index in [9.17, 15) is 4.39 Å². The largest absolute Gasteiger partial charge is 0.327 e. The molecule has 1 aromatic rings. The van der Waals surface area contributed by atoms with Crippen LogP contribution in [0.3, 0.4) is 0 Å². The summed E-state index contributed by atoms with van der Waals surface area (Å²) in [6.07, 6.45) is 5.42. The smallest absolute Gasteiger partial charge is 0.126 e. The van der Waals surface area contributed by atoms with Crippen molar-refractivity contribution in [1.82, 2.24) is 0 Å². The van der Waals surface area contributed by atoms with Crippen molar-refractivity contribution in [3.63, 3.8) is 0 Å². The minimum absolute atomic E-state index is 0.0857. The summed E-state index contributed by atoms with van der Waals surface area (Å²) in [7, 11) is 0. The van der Waals surface area contributed by atoms with Gasteiger partial charge in [0.25, 0.3) is 0 Å². The van der Waals surface area contributed by atoms with Gasteiger partial charge in [0.15, 0.2) is 0 Å². The van der Waals surface area contributed by atoms with E-state index in [4.69, 9.17) is 5.73 Å². The maximum Gasteiger partial charge on any atom is 0.126 e. The second-order valence-electron chi connectivity index (χ2n) is 4.48. The van der Waals surface area contributed by atoms with Crippen molar-refractivity contribution in [1.29, 1.82) is 0 Å². The Balaban J connectivity index is 1.75. The van der Waals surface area contributed by atoms with Crippen molar-refractivity contribution in [3.05, 3.63) is 35.6 Å². The molecule has 2 N–H and O–H groups in total. The third-order valence-electron chi connectivity index (χ3n) is 3.17. The third kappa shape index (κ3) is 3.03. The zero-order valence-electron chi connectivity index (χ0n) is 8.95. The molecule has 0 heterocycles. The number of halogens is 1. The second-order valence-corrected chi connectivity index (χ2v) is 4.48. The van der Waals surface area contributed by atoms with Crippen molar-refractivity contribution in [2.75, 3.05) is 0 Å². The van der Waals surface area contributed by atoms with Crippen molar-refractivity contribution in [2.45, 2.75) is 38.1 Å². The molecule has 2 rings (SSSR count). The van der Waals surface area contributed by atoms with Gasteiger partial charge in [-0.2, -0.15) is 0 Å². The molecule has 1 aromatic carbocycles. The summed E-state index contributed by atoms with van der Waals surface area (Å²) in [5, 5.41) is 0. The van der Waals surface area contributed by atoms with Crippen molar-refractivity contribution < 1.29 is 4.39 Å². The summed E-state index contributed by atoms with van der Waals surface area (Å²) in [6.45, 7) is 0. The summed E-state index contributed by atoms with van der Waals surface area (Å²) in [5.74, 6) is 0.670. The minimum atomic E-state index is -0.0857. The molecule has 2 heteroatoms. The van der Waals surface area contributed by atoms with Gasteiger partial charge in [-0.05, 0) is 49.7 Å². The quantitative estimate of drug-likeness (QED) is 0.789. The van der Waals surface area contributed by atoms with E-state index >= 15 is 0 Å². The lowest BCUT2D eigenvalue weighted by Crippen LogP contribution is -2.22. The summed E-state index contributed by atoms with van der Waals surface area (Å²) in [5.41, 5.74) is 6.81. The third-order valence-corrected chi connectivity index (χ3v) is 3.17. The highest BCUT2D eigenvalue weighted by atomic mass is 19.1. The van der Waals surface area contributed by atoms with Gasteiger partial charge in [0, 0.05) is 6.04 Å². The molecule has 15 heavy (non-hydrogen) atoms. The molecule has 1 fully saturated rings. The van der Waals surface area contributed by atoms with Crippen molar-refractivity contribution in [3.8, 4) is 0 Å². The van der Waals surface area contributed by atoms with Gasteiger partial charge in [-0.3, -0.25) is 0 Å². The Morgan fingerprint density at radius 1 is 1.33 bits per heavy atom. The van der Waals surface area contributed by atoms with Crippen LogP contribution in [0, 0.1) is 11.7 Å². The Bertz CT molecular complexity index is 320. The van der Waals surface area contributed by atoms with Gasteiger partial charge in [0.2, 0.25) is 0 Å². The predicted molar refractivity (Wildman–Crippen MR) is 60.0 cm³/mol. The number of hydrogen-bond donors (Lipinski definition) is 1. The summed E-state index contributed by atoms with van der Waals surface area (Å²) in [4.78, 5) is 0. The summed E-state index contributed by atoms with van der Waals surface area (Å²) < 4.78 is 13.3. The summed E-state index contributed by atoms with van der Waals surface area (Å²) in [6, 6.07) is 7.35. The van der Waals surface area contributed by atoms with Gasteiger partial charge in [-0.1, -0.05) is 18.2 Å². The molecule has 0 amide bonds. The zero-order valence-corrected chi connectivity index (χ0v) is 8.95. The van der Waals surface area contributed by atoms with Crippen LogP contribution in [-0.2, 0) is 6.42 Å². The van der Waals surface area contributed by atoms with E-state index in [1.807, 2.05) is 12.1 Å². The topological polar surface area (TPSA) is 26.0 Å². The molecule has 0 aromatic heterocycles. The van der Waals surface area contributed by atoms with Crippen LogP contribution in [-0.4, -0.2) is 6.04 Å². The average Bonchev–Trinajstić information content (AvgIpc) is 3.04. The molecule has 1 saturated carbocycles. The first-order valence-electron chi connectivity index (χ1n) is 5.76. The molecule has 1 atom stereocenters. The molecule has 1 nitrogen and oxygen atoms in total. The van der Waals surface area contributed by atoms with E-state index in [0.717, 1.165) is 30.7 Å². The van der Waals surface area contributed by atoms with Crippen LogP contribution >= 0.6 is 0 Å². The van der Waals surface area contributed by atoms with Gasteiger partial charge in [0.1, 0.15) is 5.82 Å². The van der Waals surface area contributed by atoms with Crippen LogP contribution in [0.4, 0.5) is 4.39 Å². The lowest BCUT2D eigenvalue weighted by molar-refractivity contribution is 0.521. The first-order chi connectivity index (χ1) is 7.27.